The Bertz CT molecular complexity index is 336. The molecular formula is C9H16ClN5S. The molecule has 1 aromatic heterocycles. The van der Waals surface area contributed by atoms with Gasteiger partial charge in [-0.1, -0.05) is 6.92 Å². The molecule has 0 spiro atoms. The number of halogens is 1. The highest BCUT2D eigenvalue weighted by Crippen LogP contribution is 2.11. The normalized spacial score (nSPS) is 12.2. The average Bonchev–Trinajstić information content (AvgIpc) is 2.25. The van der Waals surface area contributed by atoms with Gasteiger partial charge >= 0.3 is 0 Å². The van der Waals surface area contributed by atoms with Crippen molar-refractivity contribution in [3.63, 3.8) is 0 Å². The molecule has 1 unspecified atom stereocenters. The number of hydrogen-bond acceptors (Lipinski definition) is 6. The Balaban J connectivity index is 2.61. The van der Waals surface area contributed by atoms with E-state index in [4.69, 9.17) is 11.6 Å². The molecule has 90 valence electrons. The molecule has 1 rings (SSSR count). The molecule has 5 nitrogen and oxygen atoms in total. The Kier molecular flexibility index (Phi) is 5.62. The SMILES string of the molecule is CCSCC(C)Nc1nc(Cl)nc(NC)n1. The fourth-order valence-electron chi connectivity index (χ4n) is 1.08. The third-order valence-electron chi connectivity index (χ3n) is 1.78. The largest absolute Gasteiger partial charge is 0.357 e. The van der Waals surface area contributed by atoms with Crippen molar-refractivity contribution in [2.45, 2.75) is 19.9 Å². The summed E-state index contributed by atoms with van der Waals surface area (Å²) in [6.45, 7) is 4.22. The van der Waals surface area contributed by atoms with Crippen LogP contribution in [0.1, 0.15) is 13.8 Å². The van der Waals surface area contributed by atoms with Crippen molar-refractivity contribution in [1.29, 1.82) is 0 Å². The molecule has 0 bridgehead atoms. The summed E-state index contributed by atoms with van der Waals surface area (Å²) in [4.78, 5) is 12.1. The Labute approximate surface area is 105 Å². The molecule has 16 heavy (non-hydrogen) atoms. The van der Waals surface area contributed by atoms with Crippen LogP contribution < -0.4 is 10.6 Å². The highest BCUT2D eigenvalue weighted by molar-refractivity contribution is 7.99. The summed E-state index contributed by atoms with van der Waals surface area (Å²) >= 11 is 7.64. The van der Waals surface area contributed by atoms with Gasteiger partial charge in [-0.2, -0.15) is 26.7 Å². The second-order valence-corrected chi connectivity index (χ2v) is 4.86. The lowest BCUT2D eigenvalue weighted by molar-refractivity contribution is 0.878. The maximum Gasteiger partial charge on any atom is 0.229 e. The number of anilines is 2. The van der Waals surface area contributed by atoms with Crippen molar-refractivity contribution in [3.05, 3.63) is 5.28 Å². The van der Waals surface area contributed by atoms with E-state index in [9.17, 15) is 0 Å². The van der Waals surface area contributed by atoms with E-state index in [1.54, 1.807) is 7.05 Å². The smallest absolute Gasteiger partial charge is 0.229 e. The number of nitrogens with zero attached hydrogens (tertiary/aromatic N) is 3. The first-order valence-corrected chi connectivity index (χ1v) is 6.62. The summed E-state index contributed by atoms with van der Waals surface area (Å²) in [6.07, 6.45) is 0. The van der Waals surface area contributed by atoms with Gasteiger partial charge in [0, 0.05) is 18.8 Å². The maximum atomic E-state index is 5.77. The molecular weight excluding hydrogens is 246 g/mol. The van der Waals surface area contributed by atoms with E-state index < -0.39 is 0 Å². The van der Waals surface area contributed by atoms with Crippen molar-refractivity contribution in [2.75, 3.05) is 29.2 Å². The molecule has 2 N–H and O–H groups in total. The number of thioether (sulfide) groups is 1. The van der Waals surface area contributed by atoms with Crippen molar-refractivity contribution in [3.8, 4) is 0 Å². The quantitative estimate of drug-likeness (QED) is 0.818. The maximum absolute atomic E-state index is 5.77. The van der Waals surface area contributed by atoms with Gasteiger partial charge in [0.15, 0.2) is 0 Å². The van der Waals surface area contributed by atoms with Crippen LogP contribution in [0, 0.1) is 0 Å². The van der Waals surface area contributed by atoms with E-state index in [2.05, 4.69) is 39.4 Å². The van der Waals surface area contributed by atoms with Gasteiger partial charge in [-0.05, 0) is 24.3 Å². The fourth-order valence-corrected chi connectivity index (χ4v) is 1.92. The molecule has 7 heteroatoms. The molecule has 0 saturated carbocycles. The van der Waals surface area contributed by atoms with Crippen LogP contribution >= 0.6 is 23.4 Å². The highest BCUT2D eigenvalue weighted by Gasteiger charge is 2.07. The molecule has 1 aromatic rings. The van der Waals surface area contributed by atoms with Crippen molar-refractivity contribution < 1.29 is 0 Å². The van der Waals surface area contributed by atoms with Crippen LogP contribution in [0.2, 0.25) is 5.28 Å². The third-order valence-corrected chi connectivity index (χ3v) is 3.09. The van der Waals surface area contributed by atoms with Gasteiger partial charge in [-0.25, -0.2) is 0 Å². The molecule has 0 radical (unpaired) electrons. The van der Waals surface area contributed by atoms with Crippen LogP contribution in [0.4, 0.5) is 11.9 Å². The van der Waals surface area contributed by atoms with Gasteiger partial charge in [0.05, 0.1) is 0 Å². The van der Waals surface area contributed by atoms with Gasteiger partial charge in [-0.15, -0.1) is 0 Å². The predicted octanol–water partition coefficient (Wildman–Crippen LogP) is 2.12. The molecule has 0 aliphatic carbocycles. The first-order valence-electron chi connectivity index (χ1n) is 5.09. The van der Waals surface area contributed by atoms with Gasteiger partial charge < -0.3 is 10.6 Å². The van der Waals surface area contributed by atoms with Crippen LogP contribution in [0.15, 0.2) is 0 Å². The lowest BCUT2D eigenvalue weighted by Crippen LogP contribution is -2.20. The van der Waals surface area contributed by atoms with Crippen molar-refractivity contribution in [2.24, 2.45) is 0 Å². The second-order valence-electron chi connectivity index (χ2n) is 3.21. The van der Waals surface area contributed by atoms with Crippen LogP contribution in [0.5, 0.6) is 0 Å². The van der Waals surface area contributed by atoms with Gasteiger partial charge in [0.25, 0.3) is 0 Å². The van der Waals surface area contributed by atoms with E-state index >= 15 is 0 Å². The molecule has 0 aliphatic rings. The zero-order valence-corrected chi connectivity index (χ0v) is 11.2. The Morgan fingerprint density at radius 2 is 2.00 bits per heavy atom. The van der Waals surface area contributed by atoms with E-state index in [1.807, 2.05) is 11.8 Å². The second kappa shape index (κ2) is 6.75. The first kappa shape index (κ1) is 13.3. The lowest BCUT2D eigenvalue weighted by atomic mass is 10.4. The summed E-state index contributed by atoms with van der Waals surface area (Å²) in [7, 11) is 1.74. The monoisotopic (exact) mass is 261 g/mol. The van der Waals surface area contributed by atoms with E-state index in [0.717, 1.165) is 11.5 Å². The summed E-state index contributed by atoms with van der Waals surface area (Å²) in [5.41, 5.74) is 0. The van der Waals surface area contributed by atoms with Gasteiger partial charge in [0.1, 0.15) is 0 Å². The Hall–Kier alpha value is -0.750. The topological polar surface area (TPSA) is 62.7 Å². The lowest BCUT2D eigenvalue weighted by Gasteiger charge is -2.13. The van der Waals surface area contributed by atoms with Gasteiger partial charge in [-0.3, -0.25) is 0 Å². The molecule has 1 heterocycles. The third kappa shape index (κ3) is 4.40. The summed E-state index contributed by atoms with van der Waals surface area (Å²) in [5, 5.41) is 6.21. The van der Waals surface area contributed by atoms with E-state index in [-0.39, 0.29) is 5.28 Å². The Morgan fingerprint density at radius 3 is 2.62 bits per heavy atom. The number of rotatable bonds is 6. The fraction of sp³-hybridized carbons (Fsp3) is 0.667. The van der Waals surface area contributed by atoms with Gasteiger partial charge in [0.2, 0.25) is 17.2 Å². The zero-order chi connectivity index (χ0) is 12.0. The summed E-state index contributed by atoms with van der Waals surface area (Å²) in [5.74, 6) is 3.09. The molecule has 0 amide bonds. The molecule has 1 atom stereocenters. The first-order chi connectivity index (χ1) is 7.65. The van der Waals surface area contributed by atoms with Crippen LogP contribution in [-0.4, -0.2) is 39.5 Å². The minimum Gasteiger partial charge on any atom is -0.357 e. The highest BCUT2D eigenvalue weighted by atomic mass is 35.5. The number of hydrogen-bond donors (Lipinski definition) is 2. The molecule has 0 fully saturated rings. The number of aromatic nitrogens is 3. The minimum absolute atomic E-state index is 0.192. The molecule has 0 aromatic carbocycles. The van der Waals surface area contributed by atoms with E-state index in [0.29, 0.717) is 17.9 Å². The Morgan fingerprint density at radius 1 is 1.31 bits per heavy atom. The standard InChI is InChI=1S/C9H16ClN5S/c1-4-16-5-6(2)12-9-14-7(10)13-8(11-3)15-9/h6H,4-5H2,1-3H3,(H2,11,12,13,14,15). The minimum atomic E-state index is 0.192. The molecule has 0 aliphatic heterocycles. The van der Waals surface area contributed by atoms with Crippen molar-refractivity contribution in [1.82, 2.24) is 15.0 Å². The summed E-state index contributed by atoms with van der Waals surface area (Å²) < 4.78 is 0. The zero-order valence-electron chi connectivity index (χ0n) is 9.62. The van der Waals surface area contributed by atoms with Crippen LogP contribution in [0.3, 0.4) is 0 Å². The average molecular weight is 262 g/mol. The van der Waals surface area contributed by atoms with Crippen LogP contribution in [-0.2, 0) is 0 Å². The van der Waals surface area contributed by atoms with Crippen LogP contribution in [0.25, 0.3) is 0 Å². The predicted molar refractivity (Wildman–Crippen MR) is 70.5 cm³/mol. The summed E-state index contributed by atoms with van der Waals surface area (Å²) in [6, 6.07) is 0.299. The molecule has 0 saturated heterocycles. The van der Waals surface area contributed by atoms with E-state index in [1.165, 1.54) is 0 Å². The number of nitrogens with one attached hydrogen (secondary N) is 2. The van der Waals surface area contributed by atoms with Crippen molar-refractivity contribution >= 4 is 35.3 Å².